The predicted molar refractivity (Wildman–Crippen MR) is 99.9 cm³/mol. The summed E-state index contributed by atoms with van der Waals surface area (Å²) in [4.78, 5) is 17.0. The molecular formula is C20H19N5O. The quantitative estimate of drug-likeness (QED) is 0.605. The fourth-order valence-electron chi connectivity index (χ4n) is 3.03. The van der Waals surface area contributed by atoms with Crippen LogP contribution in [-0.4, -0.2) is 31.6 Å². The summed E-state index contributed by atoms with van der Waals surface area (Å²) >= 11 is 0. The fraction of sp³-hybridized carbons (Fsp3) is 0.150. The third-order valence-corrected chi connectivity index (χ3v) is 4.29. The van der Waals surface area contributed by atoms with Gasteiger partial charge in [0, 0.05) is 44.3 Å². The van der Waals surface area contributed by atoms with E-state index < -0.39 is 0 Å². The summed E-state index contributed by atoms with van der Waals surface area (Å²) in [6.07, 6.45) is 6.30. The minimum absolute atomic E-state index is 0.0909. The van der Waals surface area contributed by atoms with E-state index >= 15 is 0 Å². The average Bonchev–Trinajstić information content (AvgIpc) is 3.26. The van der Waals surface area contributed by atoms with E-state index in [2.05, 4.69) is 15.4 Å². The molecule has 130 valence electrons. The molecule has 0 aromatic carbocycles. The van der Waals surface area contributed by atoms with Gasteiger partial charge in [-0.05, 0) is 36.4 Å². The second-order valence-electron chi connectivity index (χ2n) is 6.10. The predicted octanol–water partition coefficient (Wildman–Crippen LogP) is 2.71. The van der Waals surface area contributed by atoms with Gasteiger partial charge in [-0.3, -0.25) is 14.5 Å². The molecule has 4 aromatic rings. The van der Waals surface area contributed by atoms with Crippen molar-refractivity contribution in [1.29, 1.82) is 0 Å². The van der Waals surface area contributed by atoms with E-state index in [4.69, 9.17) is 0 Å². The van der Waals surface area contributed by atoms with Crippen LogP contribution in [0.15, 0.2) is 67.1 Å². The van der Waals surface area contributed by atoms with Gasteiger partial charge in [0.25, 0.3) is 5.91 Å². The van der Waals surface area contributed by atoms with Crippen molar-refractivity contribution in [3.63, 3.8) is 0 Å². The van der Waals surface area contributed by atoms with Crippen molar-refractivity contribution in [2.75, 3.05) is 6.54 Å². The molecule has 0 unspecified atom stereocenters. The molecule has 26 heavy (non-hydrogen) atoms. The third kappa shape index (κ3) is 3.09. The summed E-state index contributed by atoms with van der Waals surface area (Å²) in [5, 5.41) is 7.45. The number of nitrogens with one attached hydrogen (secondary N) is 1. The Bertz CT molecular complexity index is 1050. The van der Waals surface area contributed by atoms with Crippen molar-refractivity contribution < 1.29 is 4.79 Å². The summed E-state index contributed by atoms with van der Waals surface area (Å²) < 4.78 is 3.75. The number of fused-ring (bicyclic) bond motifs is 1. The van der Waals surface area contributed by atoms with Crippen LogP contribution in [0.2, 0.25) is 0 Å². The van der Waals surface area contributed by atoms with Crippen LogP contribution < -0.4 is 5.32 Å². The van der Waals surface area contributed by atoms with Crippen LogP contribution >= 0.6 is 0 Å². The molecule has 0 aliphatic heterocycles. The number of rotatable bonds is 5. The normalized spacial score (nSPS) is 11.0. The van der Waals surface area contributed by atoms with Gasteiger partial charge in [-0.1, -0.05) is 12.1 Å². The Morgan fingerprint density at radius 2 is 2.00 bits per heavy atom. The highest BCUT2D eigenvalue weighted by Crippen LogP contribution is 2.25. The molecule has 0 saturated carbocycles. The van der Waals surface area contributed by atoms with Gasteiger partial charge < -0.3 is 9.72 Å². The highest BCUT2D eigenvalue weighted by Gasteiger charge is 2.17. The van der Waals surface area contributed by atoms with Crippen molar-refractivity contribution >= 4 is 11.4 Å². The van der Waals surface area contributed by atoms with Gasteiger partial charge in [-0.2, -0.15) is 5.10 Å². The van der Waals surface area contributed by atoms with Gasteiger partial charge in [-0.15, -0.1) is 0 Å². The highest BCUT2D eigenvalue weighted by atomic mass is 16.1. The number of carbonyl (C=O) groups excluding carboxylic acids is 1. The average molecular weight is 345 g/mol. The topological polar surface area (TPSA) is 64.2 Å². The van der Waals surface area contributed by atoms with Gasteiger partial charge in [0.15, 0.2) is 0 Å². The Labute approximate surface area is 151 Å². The summed E-state index contributed by atoms with van der Waals surface area (Å²) in [6.45, 7) is 0.541. The van der Waals surface area contributed by atoms with Crippen LogP contribution in [0.5, 0.6) is 0 Å². The molecule has 6 nitrogen and oxygen atoms in total. The van der Waals surface area contributed by atoms with Crippen molar-refractivity contribution in [2.45, 2.75) is 6.42 Å². The second-order valence-corrected chi connectivity index (χ2v) is 6.10. The van der Waals surface area contributed by atoms with Gasteiger partial charge in [-0.25, -0.2) is 0 Å². The monoisotopic (exact) mass is 345 g/mol. The molecule has 4 rings (SSSR count). The lowest BCUT2D eigenvalue weighted by Gasteiger charge is -2.04. The summed E-state index contributed by atoms with van der Waals surface area (Å²) in [7, 11) is 1.88. The first-order valence-corrected chi connectivity index (χ1v) is 8.50. The number of hydrogen-bond donors (Lipinski definition) is 1. The second kappa shape index (κ2) is 6.84. The smallest absolute Gasteiger partial charge is 0.253 e. The molecule has 4 heterocycles. The van der Waals surface area contributed by atoms with E-state index in [1.807, 2.05) is 72.4 Å². The van der Waals surface area contributed by atoms with Crippen LogP contribution in [0.4, 0.5) is 0 Å². The number of hydrogen-bond acceptors (Lipinski definition) is 3. The highest BCUT2D eigenvalue weighted by molar-refractivity contribution is 6.02. The van der Waals surface area contributed by atoms with E-state index in [0.717, 1.165) is 22.6 Å². The number of pyridine rings is 2. The first-order valence-electron chi connectivity index (χ1n) is 8.50. The molecule has 0 fully saturated rings. The van der Waals surface area contributed by atoms with Crippen LogP contribution in [0.25, 0.3) is 16.9 Å². The maximum Gasteiger partial charge on any atom is 0.253 e. The molecule has 4 aromatic heterocycles. The molecule has 1 amide bonds. The maximum absolute atomic E-state index is 12.7. The number of aryl methyl sites for hydroxylation is 1. The lowest BCUT2D eigenvalue weighted by atomic mass is 10.2. The Balaban J connectivity index is 1.59. The van der Waals surface area contributed by atoms with Crippen molar-refractivity contribution in [1.82, 2.24) is 24.5 Å². The molecule has 0 bridgehead atoms. The number of aromatic nitrogens is 4. The van der Waals surface area contributed by atoms with Crippen molar-refractivity contribution in [2.24, 2.45) is 7.05 Å². The van der Waals surface area contributed by atoms with Crippen molar-refractivity contribution in [3.05, 3.63) is 78.4 Å². The first kappa shape index (κ1) is 16.1. The molecule has 0 aliphatic rings. The molecule has 0 saturated heterocycles. The Hall–Kier alpha value is -3.41. The minimum atomic E-state index is -0.0909. The molecule has 0 aliphatic carbocycles. The van der Waals surface area contributed by atoms with Gasteiger partial charge in [0.2, 0.25) is 0 Å². The van der Waals surface area contributed by atoms with Crippen LogP contribution in [-0.2, 0) is 13.5 Å². The van der Waals surface area contributed by atoms with Gasteiger partial charge in [0.1, 0.15) is 5.69 Å². The first-order chi connectivity index (χ1) is 12.7. The third-order valence-electron chi connectivity index (χ3n) is 4.29. The zero-order chi connectivity index (χ0) is 17.9. The van der Waals surface area contributed by atoms with E-state index in [-0.39, 0.29) is 5.91 Å². The zero-order valence-corrected chi connectivity index (χ0v) is 14.5. The molecule has 6 heteroatoms. The number of nitrogens with zero attached hydrogens (tertiary/aromatic N) is 4. The van der Waals surface area contributed by atoms with E-state index in [1.165, 1.54) is 0 Å². The number of carbonyl (C=O) groups is 1. The van der Waals surface area contributed by atoms with E-state index in [1.54, 1.807) is 10.9 Å². The number of amides is 1. The van der Waals surface area contributed by atoms with Crippen LogP contribution in [0.3, 0.4) is 0 Å². The maximum atomic E-state index is 12.7. The summed E-state index contributed by atoms with van der Waals surface area (Å²) in [5.41, 5.74) is 4.21. The standard InChI is InChI=1S/C20H19N5O/c1-24-13-9-17(23-24)19-14-16(18-7-3-5-12-25(18)19)20(26)22-11-8-15-6-2-4-10-21-15/h2-7,9-10,12-14H,8,11H2,1H3,(H,22,26). The fourth-order valence-corrected chi connectivity index (χ4v) is 3.03. The Kier molecular flexibility index (Phi) is 4.23. The molecule has 1 N–H and O–H groups in total. The van der Waals surface area contributed by atoms with Gasteiger partial charge in [0.05, 0.1) is 16.8 Å². The molecule has 0 spiro atoms. The van der Waals surface area contributed by atoms with Crippen LogP contribution in [0, 0.1) is 0 Å². The lowest BCUT2D eigenvalue weighted by molar-refractivity contribution is 0.0956. The zero-order valence-electron chi connectivity index (χ0n) is 14.5. The molecular weight excluding hydrogens is 326 g/mol. The lowest BCUT2D eigenvalue weighted by Crippen LogP contribution is -2.25. The summed E-state index contributed by atoms with van der Waals surface area (Å²) in [5.74, 6) is -0.0909. The van der Waals surface area contributed by atoms with Crippen molar-refractivity contribution in [3.8, 4) is 11.4 Å². The Morgan fingerprint density at radius 1 is 1.12 bits per heavy atom. The summed E-state index contributed by atoms with van der Waals surface area (Å²) in [6, 6.07) is 15.5. The Morgan fingerprint density at radius 3 is 2.77 bits per heavy atom. The molecule has 0 atom stereocenters. The van der Waals surface area contributed by atoms with Crippen LogP contribution in [0.1, 0.15) is 16.1 Å². The minimum Gasteiger partial charge on any atom is -0.352 e. The molecule has 0 radical (unpaired) electrons. The van der Waals surface area contributed by atoms with E-state index in [0.29, 0.717) is 18.5 Å². The van der Waals surface area contributed by atoms with E-state index in [9.17, 15) is 4.79 Å². The SMILES string of the molecule is Cn1ccc(-c2cc(C(=O)NCCc3ccccn3)c3ccccn23)n1. The largest absolute Gasteiger partial charge is 0.352 e. The van der Waals surface area contributed by atoms with Gasteiger partial charge >= 0.3 is 0 Å².